The van der Waals surface area contributed by atoms with Crippen LogP contribution in [0.2, 0.25) is 0 Å². The predicted molar refractivity (Wildman–Crippen MR) is 172 cm³/mol. The van der Waals surface area contributed by atoms with Crippen LogP contribution in [0.15, 0.2) is 53.6 Å². The largest absolute Gasteiger partial charge is 0.417 e. The van der Waals surface area contributed by atoms with E-state index in [0.717, 1.165) is 18.2 Å². The van der Waals surface area contributed by atoms with Crippen LogP contribution in [0.3, 0.4) is 0 Å². The fourth-order valence-electron chi connectivity index (χ4n) is 5.99. The molecule has 2 aliphatic carbocycles. The van der Waals surface area contributed by atoms with Crippen molar-refractivity contribution in [1.82, 2.24) is 15.0 Å². The summed E-state index contributed by atoms with van der Waals surface area (Å²) in [6, 6.07) is 5.65. The molecule has 2 aliphatic rings. The zero-order valence-electron chi connectivity index (χ0n) is 26.2. The van der Waals surface area contributed by atoms with Crippen LogP contribution in [0.1, 0.15) is 49.1 Å². The molecule has 2 N–H and O–H groups in total. The predicted octanol–water partition coefficient (Wildman–Crippen LogP) is 7.73. The van der Waals surface area contributed by atoms with Crippen molar-refractivity contribution in [3.05, 3.63) is 70.9 Å². The molecular weight excluding hydrogens is 755 g/mol. The molecular formula is C31H27F8N5O4S3. The number of alkyl halides is 6. The molecule has 0 unspecified atom stereocenters. The second-order valence-corrected chi connectivity index (χ2v) is 17.3. The van der Waals surface area contributed by atoms with Crippen LogP contribution in [0.5, 0.6) is 0 Å². The highest BCUT2D eigenvalue weighted by Gasteiger charge is 2.66. The fraction of sp³-hybridized carbons (Fsp3) is 0.387. The third kappa shape index (κ3) is 7.26. The second-order valence-electron chi connectivity index (χ2n) is 12.4. The van der Waals surface area contributed by atoms with Crippen molar-refractivity contribution in [3.63, 3.8) is 0 Å². The number of rotatable bonds is 9. The van der Waals surface area contributed by atoms with E-state index >= 15 is 4.39 Å². The van der Waals surface area contributed by atoms with Gasteiger partial charge in [-0.05, 0) is 68.9 Å². The van der Waals surface area contributed by atoms with Crippen molar-refractivity contribution in [1.29, 1.82) is 0 Å². The highest BCUT2D eigenvalue weighted by Crippen LogP contribution is 2.61. The van der Waals surface area contributed by atoms with Crippen LogP contribution in [0.4, 0.5) is 46.8 Å². The van der Waals surface area contributed by atoms with Crippen molar-refractivity contribution >= 4 is 42.8 Å². The summed E-state index contributed by atoms with van der Waals surface area (Å²) in [5.74, 6) is -3.10. The number of benzene rings is 2. The average Bonchev–Trinajstić information content (AvgIpc) is 3.75. The number of anilines is 2. The van der Waals surface area contributed by atoms with E-state index in [1.807, 2.05) is 0 Å². The summed E-state index contributed by atoms with van der Waals surface area (Å²) >= 11 is 0.597. The van der Waals surface area contributed by atoms with Gasteiger partial charge in [0.2, 0.25) is 5.95 Å². The summed E-state index contributed by atoms with van der Waals surface area (Å²) in [5.41, 5.74) is -5.91. The minimum Gasteiger partial charge on any atom is -0.351 e. The number of sulfonamides is 1. The Morgan fingerprint density at radius 1 is 0.882 bits per heavy atom. The van der Waals surface area contributed by atoms with Gasteiger partial charge in [0, 0.05) is 24.1 Å². The SMILES string of the molecule is CS(=O)(=O)[C@H]1CC[C@H](Nc2nccc(-c3sc(C4(C(F)(F)F)CC4)nc3-c3cccc(NS(=O)(=O)c4c(F)cccc4C(F)(F)F)c3F)n2)CC1. The van der Waals surface area contributed by atoms with Crippen LogP contribution < -0.4 is 10.0 Å². The van der Waals surface area contributed by atoms with Crippen LogP contribution in [0.25, 0.3) is 21.8 Å². The molecule has 0 spiro atoms. The van der Waals surface area contributed by atoms with Crippen molar-refractivity contribution in [2.45, 2.75) is 72.5 Å². The summed E-state index contributed by atoms with van der Waals surface area (Å²) < 4.78 is 166. The molecule has 4 aromatic rings. The zero-order valence-corrected chi connectivity index (χ0v) is 28.7. The minimum absolute atomic E-state index is 0.0283. The number of nitrogens with one attached hydrogen (secondary N) is 2. The number of thiazole rings is 1. The Morgan fingerprint density at radius 3 is 2.16 bits per heavy atom. The van der Waals surface area contributed by atoms with Crippen molar-refractivity contribution in [3.8, 4) is 21.8 Å². The fourth-order valence-corrected chi connectivity index (χ4v) is 9.78. The van der Waals surface area contributed by atoms with Crippen LogP contribution in [-0.2, 0) is 31.5 Å². The van der Waals surface area contributed by atoms with E-state index in [-0.39, 0.29) is 41.1 Å². The minimum atomic E-state index is -5.41. The average molecular weight is 782 g/mol. The van der Waals surface area contributed by atoms with Gasteiger partial charge in [-0.3, -0.25) is 4.72 Å². The van der Waals surface area contributed by atoms with Crippen molar-refractivity contribution < 1.29 is 52.0 Å². The van der Waals surface area contributed by atoms with Gasteiger partial charge >= 0.3 is 12.4 Å². The van der Waals surface area contributed by atoms with Crippen LogP contribution >= 0.6 is 11.3 Å². The van der Waals surface area contributed by atoms with Gasteiger partial charge in [0.1, 0.15) is 31.0 Å². The van der Waals surface area contributed by atoms with Gasteiger partial charge in [0.05, 0.1) is 32.8 Å². The molecule has 6 rings (SSSR count). The lowest BCUT2D eigenvalue weighted by molar-refractivity contribution is -0.160. The quantitative estimate of drug-likeness (QED) is 0.165. The lowest BCUT2D eigenvalue weighted by Gasteiger charge is -2.28. The first-order valence-electron chi connectivity index (χ1n) is 15.3. The summed E-state index contributed by atoms with van der Waals surface area (Å²) in [6.07, 6.45) is -6.38. The Morgan fingerprint density at radius 2 is 1.55 bits per heavy atom. The molecule has 2 saturated carbocycles. The Hall–Kier alpha value is -3.91. The maximum Gasteiger partial charge on any atom is 0.417 e. The Balaban J connectivity index is 1.39. The van der Waals surface area contributed by atoms with E-state index in [1.54, 1.807) is 4.72 Å². The highest BCUT2D eigenvalue weighted by atomic mass is 32.2. The van der Waals surface area contributed by atoms with E-state index in [9.17, 15) is 47.6 Å². The van der Waals surface area contributed by atoms with Gasteiger partial charge in [-0.1, -0.05) is 12.1 Å². The first-order chi connectivity index (χ1) is 23.7. The molecule has 2 heterocycles. The molecule has 9 nitrogen and oxygen atoms in total. The van der Waals surface area contributed by atoms with Crippen molar-refractivity contribution in [2.24, 2.45) is 0 Å². The lowest BCUT2D eigenvalue weighted by atomic mass is 9.95. The zero-order chi connectivity index (χ0) is 37.1. The van der Waals surface area contributed by atoms with Gasteiger partial charge in [0.15, 0.2) is 5.82 Å². The molecule has 2 fully saturated rings. The number of aromatic nitrogens is 3. The first kappa shape index (κ1) is 36.9. The highest BCUT2D eigenvalue weighted by molar-refractivity contribution is 7.92. The summed E-state index contributed by atoms with van der Waals surface area (Å²) in [4.78, 5) is 11.0. The number of nitrogens with zero attached hydrogens (tertiary/aromatic N) is 3. The molecule has 0 amide bonds. The van der Waals surface area contributed by atoms with E-state index in [1.165, 1.54) is 18.5 Å². The molecule has 0 radical (unpaired) electrons. The summed E-state index contributed by atoms with van der Waals surface area (Å²) in [6.45, 7) is 0. The molecule has 0 saturated heterocycles. The van der Waals surface area contributed by atoms with Gasteiger partial charge in [-0.15, -0.1) is 11.3 Å². The monoisotopic (exact) mass is 781 g/mol. The van der Waals surface area contributed by atoms with Crippen molar-refractivity contribution in [2.75, 3.05) is 16.3 Å². The molecule has 2 aromatic heterocycles. The van der Waals surface area contributed by atoms with E-state index in [4.69, 9.17) is 0 Å². The van der Waals surface area contributed by atoms with Gasteiger partial charge in [0.25, 0.3) is 10.0 Å². The maximum absolute atomic E-state index is 16.2. The second kappa shape index (κ2) is 12.9. The molecule has 51 heavy (non-hydrogen) atoms. The Bertz CT molecular complexity index is 2200. The lowest BCUT2D eigenvalue weighted by Crippen LogP contribution is -2.32. The maximum atomic E-state index is 16.2. The molecule has 0 bridgehead atoms. The Kier molecular flexibility index (Phi) is 9.36. The number of hydrogen-bond acceptors (Lipinski definition) is 9. The molecule has 274 valence electrons. The number of sulfone groups is 1. The van der Waals surface area contributed by atoms with E-state index in [2.05, 4.69) is 20.3 Å². The summed E-state index contributed by atoms with van der Waals surface area (Å²) in [5, 5.41) is 2.21. The number of halogens is 8. The topological polar surface area (TPSA) is 131 Å². The van der Waals surface area contributed by atoms with Crippen LogP contribution in [0, 0.1) is 11.6 Å². The standard InChI is InChI=1S/C31H27F8N5O4S3/c1-50(45,46)17-10-8-16(9-11-17)41-28-40-15-12-22(42-28)25-24(43-27(49-25)29(13-14-29)31(37,38)39)18-4-2-7-21(23(18)33)44-51(47,48)26-19(30(34,35)36)5-3-6-20(26)32/h2-7,12,15-17,44H,8-11,13-14H2,1H3,(H,40,41,42)/t16-,17-. The Labute approximate surface area is 290 Å². The van der Waals surface area contributed by atoms with E-state index in [0.29, 0.717) is 55.2 Å². The van der Waals surface area contributed by atoms with Crippen LogP contribution in [-0.4, -0.2) is 55.5 Å². The third-order valence-corrected chi connectivity index (χ3v) is 13.3. The normalized spacial score (nSPS) is 19.5. The molecule has 0 aliphatic heterocycles. The van der Waals surface area contributed by atoms with Gasteiger partial charge < -0.3 is 5.32 Å². The summed E-state index contributed by atoms with van der Waals surface area (Å²) in [7, 11) is -8.64. The third-order valence-electron chi connectivity index (χ3n) is 8.87. The first-order valence-corrected chi connectivity index (χ1v) is 19.5. The van der Waals surface area contributed by atoms with E-state index < -0.39 is 81.2 Å². The molecule has 0 atom stereocenters. The smallest absolute Gasteiger partial charge is 0.351 e. The molecule has 2 aromatic carbocycles. The van der Waals surface area contributed by atoms with Gasteiger partial charge in [-0.25, -0.2) is 40.6 Å². The number of hydrogen-bond donors (Lipinski definition) is 2. The van der Waals surface area contributed by atoms with Gasteiger partial charge in [-0.2, -0.15) is 26.3 Å². The molecule has 20 heteroatoms.